The number of hydrogen-bond donors (Lipinski definition) is 2. The third-order valence-electron chi connectivity index (χ3n) is 2.19. The average Bonchev–Trinajstić information content (AvgIpc) is 2.42. The van der Waals surface area contributed by atoms with Crippen LogP contribution < -0.4 is 16.0 Å². The second-order valence-corrected chi connectivity index (χ2v) is 3.49. The smallest absolute Gasteiger partial charge is 0.265 e. The quantitative estimate of drug-likeness (QED) is 0.251. The standard InChI is InChI=1S/C13H18N2O3/c1-2-3-8-17-9-10-18-12-6-4-11(5-7-12)13(16)15-14/h2-7H,8-10,14H2,1H3,(H,15,16). The van der Waals surface area contributed by atoms with E-state index >= 15 is 0 Å². The van der Waals surface area contributed by atoms with Crippen LogP contribution in [-0.2, 0) is 4.74 Å². The lowest BCUT2D eigenvalue weighted by Crippen LogP contribution is -2.29. The SMILES string of the molecule is CC=CCOCCOc1ccc(C(=O)NN)cc1. The highest BCUT2D eigenvalue weighted by atomic mass is 16.5. The van der Waals surface area contributed by atoms with E-state index < -0.39 is 0 Å². The van der Waals surface area contributed by atoms with Crippen molar-refractivity contribution in [1.82, 2.24) is 5.43 Å². The van der Waals surface area contributed by atoms with Crippen LogP contribution in [0.15, 0.2) is 36.4 Å². The van der Waals surface area contributed by atoms with Crippen molar-refractivity contribution < 1.29 is 14.3 Å². The van der Waals surface area contributed by atoms with Crippen LogP contribution in [0.5, 0.6) is 5.75 Å². The third kappa shape index (κ3) is 4.99. The molecule has 3 N–H and O–H groups in total. The molecule has 0 aliphatic heterocycles. The summed E-state index contributed by atoms with van der Waals surface area (Å²) in [4.78, 5) is 11.2. The third-order valence-corrected chi connectivity index (χ3v) is 2.19. The Bertz CT molecular complexity index is 388. The van der Waals surface area contributed by atoms with Gasteiger partial charge in [0.25, 0.3) is 5.91 Å². The van der Waals surface area contributed by atoms with Crippen LogP contribution in [0.2, 0.25) is 0 Å². The van der Waals surface area contributed by atoms with Crippen LogP contribution in [0.4, 0.5) is 0 Å². The molecule has 5 nitrogen and oxygen atoms in total. The molecule has 0 aliphatic carbocycles. The van der Waals surface area contributed by atoms with Gasteiger partial charge in [-0.1, -0.05) is 12.2 Å². The Morgan fingerprint density at radius 3 is 2.67 bits per heavy atom. The summed E-state index contributed by atoms with van der Waals surface area (Å²) in [5.74, 6) is 5.40. The van der Waals surface area contributed by atoms with Crippen LogP contribution in [0.1, 0.15) is 17.3 Å². The van der Waals surface area contributed by atoms with Crippen molar-refractivity contribution in [1.29, 1.82) is 0 Å². The van der Waals surface area contributed by atoms with Gasteiger partial charge in [-0.05, 0) is 31.2 Å². The predicted octanol–water partition coefficient (Wildman–Crippen LogP) is 1.26. The monoisotopic (exact) mass is 250 g/mol. The molecule has 0 aromatic heterocycles. The lowest BCUT2D eigenvalue weighted by atomic mass is 10.2. The Kier molecular flexibility index (Phi) is 6.53. The zero-order valence-corrected chi connectivity index (χ0v) is 10.4. The topological polar surface area (TPSA) is 73.6 Å². The van der Waals surface area contributed by atoms with Gasteiger partial charge in [0.15, 0.2) is 0 Å². The van der Waals surface area contributed by atoms with Crippen molar-refractivity contribution in [3.63, 3.8) is 0 Å². The fourth-order valence-electron chi connectivity index (χ4n) is 1.25. The Labute approximate surface area is 107 Å². The molecule has 98 valence electrons. The normalized spacial score (nSPS) is 10.6. The van der Waals surface area contributed by atoms with Gasteiger partial charge in [-0.3, -0.25) is 10.2 Å². The van der Waals surface area contributed by atoms with E-state index in [1.54, 1.807) is 24.3 Å². The molecule has 0 spiro atoms. The number of carbonyl (C=O) groups excluding carboxylic acids is 1. The number of carbonyl (C=O) groups is 1. The summed E-state index contributed by atoms with van der Waals surface area (Å²) < 4.78 is 10.7. The molecule has 18 heavy (non-hydrogen) atoms. The Morgan fingerprint density at radius 1 is 1.33 bits per heavy atom. The van der Waals surface area contributed by atoms with E-state index in [9.17, 15) is 4.79 Å². The van der Waals surface area contributed by atoms with E-state index in [0.29, 0.717) is 31.1 Å². The first-order chi connectivity index (χ1) is 8.77. The molecular weight excluding hydrogens is 232 g/mol. The molecule has 5 heteroatoms. The lowest BCUT2D eigenvalue weighted by molar-refractivity contribution is 0.0953. The van der Waals surface area contributed by atoms with Crippen molar-refractivity contribution in [2.75, 3.05) is 19.8 Å². The summed E-state index contributed by atoms with van der Waals surface area (Å²) in [7, 11) is 0. The van der Waals surface area contributed by atoms with Gasteiger partial charge < -0.3 is 9.47 Å². The number of ether oxygens (including phenoxy) is 2. The summed E-state index contributed by atoms with van der Waals surface area (Å²) in [6, 6.07) is 6.74. The van der Waals surface area contributed by atoms with Gasteiger partial charge in [-0.25, -0.2) is 5.84 Å². The first-order valence-electron chi connectivity index (χ1n) is 5.70. The summed E-state index contributed by atoms with van der Waals surface area (Å²) in [5, 5.41) is 0. The van der Waals surface area contributed by atoms with Crippen LogP contribution in [0.25, 0.3) is 0 Å². The van der Waals surface area contributed by atoms with E-state index in [2.05, 4.69) is 5.43 Å². The van der Waals surface area contributed by atoms with E-state index in [1.807, 2.05) is 19.1 Å². The molecule has 0 bridgehead atoms. The molecule has 0 unspecified atom stereocenters. The van der Waals surface area contributed by atoms with Crippen LogP contribution in [-0.4, -0.2) is 25.7 Å². The first kappa shape index (κ1) is 14.2. The number of rotatable bonds is 7. The van der Waals surface area contributed by atoms with Crippen molar-refractivity contribution in [2.45, 2.75) is 6.92 Å². The minimum Gasteiger partial charge on any atom is -0.491 e. The number of nitrogens with one attached hydrogen (secondary N) is 1. The van der Waals surface area contributed by atoms with Crippen molar-refractivity contribution in [3.05, 3.63) is 42.0 Å². The zero-order valence-electron chi connectivity index (χ0n) is 10.4. The van der Waals surface area contributed by atoms with E-state index in [0.717, 1.165) is 0 Å². The minimum absolute atomic E-state index is 0.323. The molecule has 0 radical (unpaired) electrons. The molecule has 0 saturated carbocycles. The Hall–Kier alpha value is -1.85. The van der Waals surface area contributed by atoms with E-state index in [1.165, 1.54) is 0 Å². The van der Waals surface area contributed by atoms with Gasteiger partial charge in [0, 0.05) is 5.56 Å². The van der Waals surface area contributed by atoms with Crippen molar-refractivity contribution in [2.24, 2.45) is 5.84 Å². The van der Waals surface area contributed by atoms with Gasteiger partial charge in [-0.15, -0.1) is 0 Å². The van der Waals surface area contributed by atoms with Gasteiger partial charge in [0.1, 0.15) is 12.4 Å². The number of hydrazine groups is 1. The molecule has 1 amide bonds. The van der Waals surface area contributed by atoms with E-state index in [4.69, 9.17) is 15.3 Å². The number of nitrogens with two attached hydrogens (primary N) is 1. The maximum absolute atomic E-state index is 11.2. The zero-order chi connectivity index (χ0) is 13.2. The predicted molar refractivity (Wildman–Crippen MR) is 69.2 cm³/mol. The summed E-state index contributed by atoms with van der Waals surface area (Å²) in [6.45, 7) is 3.53. The van der Waals surface area contributed by atoms with Gasteiger partial charge in [-0.2, -0.15) is 0 Å². The highest BCUT2D eigenvalue weighted by Crippen LogP contribution is 2.11. The molecule has 1 aromatic rings. The molecule has 1 aromatic carbocycles. The lowest BCUT2D eigenvalue weighted by Gasteiger charge is -2.06. The van der Waals surface area contributed by atoms with Crippen molar-refractivity contribution >= 4 is 5.91 Å². The number of hydrogen-bond acceptors (Lipinski definition) is 4. The number of nitrogen functional groups attached to an aromatic ring is 1. The fraction of sp³-hybridized carbons (Fsp3) is 0.308. The number of benzene rings is 1. The summed E-state index contributed by atoms with van der Waals surface area (Å²) >= 11 is 0. The molecule has 0 aliphatic rings. The highest BCUT2D eigenvalue weighted by Gasteiger charge is 2.02. The molecule has 0 fully saturated rings. The molecule has 0 atom stereocenters. The number of allylic oxidation sites excluding steroid dienone is 1. The Balaban J connectivity index is 2.29. The van der Waals surface area contributed by atoms with Gasteiger partial charge >= 0.3 is 0 Å². The maximum atomic E-state index is 11.2. The summed E-state index contributed by atoms with van der Waals surface area (Å²) in [5.41, 5.74) is 2.56. The molecular formula is C13H18N2O3. The fourth-order valence-corrected chi connectivity index (χ4v) is 1.25. The highest BCUT2D eigenvalue weighted by molar-refractivity contribution is 5.93. The first-order valence-corrected chi connectivity index (χ1v) is 5.70. The van der Waals surface area contributed by atoms with E-state index in [-0.39, 0.29) is 5.91 Å². The second kappa shape index (κ2) is 8.27. The second-order valence-electron chi connectivity index (χ2n) is 3.49. The van der Waals surface area contributed by atoms with Crippen LogP contribution in [0.3, 0.4) is 0 Å². The summed E-state index contributed by atoms with van der Waals surface area (Å²) in [6.07, 6.45) is 3.86. The molecule has 0 saturated heterocycles. The number of amides is 1. The van der Waals surface area contributed by atoms with Gasteiger partial charge in [0.2, 0.25) is 0 Å². The Morgan fingerprint density at radius 2 is 2.06 bits per heavy atom. The van der Waals surface area contributed by atoms with Gasteiger partial charge in [0.05, 0.1) is 13.2 Å². The van der Waals surface area contributed by atoms with Crippen molar-refractivity contribution in [3.8, 4) is 5.75 Å². The largest absolute Gasteiger partial charge is 0.491 e. The molecule has 0 heterocycles. The average molecular weight is 250 g/mol. The van der Waals surface area contributed by atoms with Crippen LogP contribution in [0, 0.1) is 0 Å². The minimum atomic E-state index is -0.323. The maximum Gasteiger partial charge on any atom is 0.265 e. The molecule has 1 rings (SSSR count). The van der Waals surface area contributed by atoms with Crippen LogP contribution >= 0.6 is 0 Å².